The predicted octanol–water partition coefficient (Wildman–Crippen LogP) is 0.299. The van der Waals surface area contributed by atoms with Crippen LogP contribution in [0.2, 0.25) is 0 Å². The van der Waals surface area contributed by atoms with E-state index in [1.165, 1.54) is 17.5 Å². The summed E-state index contributed by atoms with van der Waals surface area (Å²) in [4.78, 5) is 0.211. The Morgan fingerprint density at radius 3 is 2.83 bits per heavy atom. The highest BCUT2D eigenvalue weighted by Gasteiger charge is 2.22. The lowest BCUT2D eigenvalue weighted by molar-refractivity contribution is 0.492. The van der Waals surface area contributed by atoms with Gasteiger partial charge in [-0.25, -0.2) is 8.42 Å². The zero-order valence-electron chi connectivity index (χ0n) is 11.0. The van der Waals surface area contributed by atoms with Gasteiger partial charge in [-0.1, -0.05) is 12.2 Å². The van der Waals surface area contributed by atoms with E-state index in [2.05, 4.69) is 17.0 Å². The molecule has 0 bridgehead atoms. The van der Waals surface area contributed by atoms with E-state index in [4.69, 9.17) is 0 Å². The quantitative estimate of drug-likeness (QED) is 0.725. The van der Waals surface area contributed by atoms with E-state index in [1.54, 1.807) is 17.8 Å². The highest BCUT2D eigenvalue weighted by Crippen LogP contribution is 2.13. The molecule has 0 unspecified atom stereocenters. The van der Waals surface area contributed by atoms with Gasteiger partial charge in [0.1, 0.15) is 4.90 Å². The third-order valence-electron chi connectivity index (χ3n) is 2.40. The molecule has 0 saturated heterocycles. The lowest BCUT2D eigenvalue weighted by Gasteiger charge is -2.15. The van der Waals surface area contributed by atoms with E-state index in [0.717, 1.165) is 12.1 Å². The van der Waals surface area contributed by atoms with Gasteiger partial charge in [-0.3, -0.25) is 4.68 Å². The van der Waals surface area contributed by atoms with Crippen molar-refractivity contribution in [3.63, 3.8) is 0 Å². The van der Waals surface area contributed by atoms with E-state index in [1.807, 2.05) is 7.05 Å². The van der Waals surface area contributed by atoms with Crippen molar-refractivity contribution in [2.24, 2.45) is 0 Å². The Hall–Kier alpha value is -1.18. The molecule has 1 heterocycles. The zero-order valence-corrected chi connectivity index (χ0v) is 11.9. The van der Waals surface area contributed by atoms with Gasteiger partial charge in [0.2, 0.25) is 10.0 Å². The maximum Gasteiger partial charge on any atom is 0.246 e. The summed E-state index contributed by atoms with van der Waals surface area (Å²) in [5.74, 6) is 0. The van der Waals surface area contributed by atoms with Crippen LogP contribution in [0.15, 0.2) is 29.4 Å². The molecule has 1 aromatic heterocycles. The first kappa shape index (κ1) is 14.9. The summed E-state index contributed by atoms with van der Waals surface area (Å²) in [5, 5.41) is 7.01. The third kappa shape index (κ3) is 3.66. The number of hydrogen-bond donors (Lipinski definition) is 1. The van der Waals surface area contributed by atoms with Crippen molar-refractivity contribution in [3.05, 3.63) is 24.5 Å². The minimum Gasteiger partial charge on any atom is -0.318 e. The first-order chi connectivity index (χ1) is 8.37. The van der Waals surface area contributed by atoms with Gasteiger partial charge in [0, 0.05) is 26.3 Å². The fourth-order valence-corrected chi connectivity index (χ4v) is 2.66. The van der Waals surface area contributed by atoms with E-state index in [0.29, 0.717) is 13.1 Å². The molecule has 0 aliphatic rings. The molecule has 102 valence electrons. The molecule has 1 N–H and O–H groups in total. The summed E-state index contributed by atoms with van der Waals surface area (Å²) in [6.07, 6.45) is 2.92. The Morgan fingerprint density at radius 1 is 1.61 bits per heavy atom. The Bertz CT molecular complexity index is 507. The van der Waals surface area contributed by atoms with Gasteiger partial charge in [0.15, 0.2) is 0 Å². The molecule has 1 aromatic rings. The maximum atomic E-state index is 12.2. The second kappa shape index (κ2) is 6.12. The summed E-state index contributed by atoms with van der Waals surface area (Å²) in [7, 11) is -0.0977. The number of hydrogen-bond acceptors (Lipinski definition) is 4. The van der Waals surface area contributed by atoms with Crippen molar-refractivity contribution in [2.45, 2.75) is 18.4 Å². The molecular formula is C11H20N4O2S. The number of aromatic nitrogens is 2. The first-order valence-electron chi connectivity index (χ1n) is 5.65. The van der Waals surface area contributed by atoms with Crippen LogP contribution in [-0.2, 0) is 16.6 Å². The van der Waals surface area contributed by atoms with Gasteiger partial charge in [0.25, 0.3) is 0 Å². The van der Waals surface area contributed by atoms with Crippen LogP contribution in [0.3, 0.4) is 0 Å². The Labute approximate surface area is 108 Å². The van der Waals surface area contributed by atoms with Gasteiger partial charge >= 0.3 is 0 Å². The number of rotatable bonds is 7. The van der Waals surface area contributed by atoms with E-state index in [9.17, 15) is 8.42 Å². The largest absolute Gasteiger partial charge is 0.318 e. The number of sulfonamides is 1. The van der Waals surface area contributed by atoms with Crippen molar-refractivity contribution < 1.29 is 8.42 Å². The van der Waals surface area contributed by atoms with Crippen LogP contribution in [0.25, 0.3) is 0 Å². The van der Waals surface area contributed by atoms with Crippen LogP contribution in [0, 0.1) is 0 Å². The molecule has 0 aromatic carbocycles. The highest BCUT2D eigenvalue weighted by atomic mass is 32.2. The van der Waals surface area contributed by atoms with Crippen LogP contribution in [0.4, 0.5) is 0 Å². The van der Waals surface area contributed by atoms with Crippen LogP contribution < -0.4 is 5.32 Å². The number of likely N-dealkylation sites (N-methyl/N-ethyl adjacent to an activating group) is 2. The van der Waals surface area contributed by atoms with Crippen molar-refractivity contribution in [1.82, 2.24) is 19.4 Å². The molecule has 0 spiro atoms. The molecule has 0 aliphatic carbocycles. The monoisotopic (exact) mass is 272 g/mol. The summed E-state index contributed by atoms with van der Waals surface area (Å²) in [5.41, 5.74) is 0.795. The first-order valence-corrected chi connectivity index (χ1v) is 7.09. The average Bonchev–Trinajstić information content (AvgIpc) is 2.74. The smallest absolute Gasteiger partial charge is 0.246 e. The topological polar surface area (TPSA) is 67.2 Å². The SMILES string of the molecule is C=C(C)CN(C)S(=O)(=O)c1cnn(CCNC)c1. The second-order valence-corrected chi connectivity index (χ2v) is 6.31. The second-order valence-electron chi connectivity index (χ2n) is 4.26. The molecule has 6 nitrogen and oxygen atoms in total. The molecule has 0 saturated carbocycles. The Balaban J connectivity index is 2.85. The van der Waals surface area contributed by atoms with Crippen molar-refractivity contribution in [2.75, 3.05) is 27.2 Å². The average molecular weight is 272 g/mol. The molecule has 1 rings (SSSR count). The number of nitrogens with zero attached hydrogens (tertiary/aromatic N) is 3. The lowest BCUT2D eigenvalue weighted by atomic mass is 10.4. The molecule has 7 heteroatoms. The summed E-state index contributed by atoms with van der Waals surface area (Å²) in [6, 6.07) is 0. The van der Waals surface area contributed by atoms with Crippen LogP contribution >= 0.6 is 0 Å². The normalized spacial score (nSPS) is 12.0. The molecule has 0 fully saturated rings. The van der Waals surface area contributed by atoms with Crippen LogP contribution in [0.5, 0.6) is 0 Å². The van der Waals surface area contributed by atoms with Gasteiger partial charge in [-0.2, -0.15) is 9.40 Å². The highest BCUT2D eigenvalue weighted by molar-refractivity contribution is 7.89. The molecule has 0 amide bonds. The van der Waals surface area contributed by atoms with Crippen molar-refractivity contribution in [1.29, 1.82) is 0 Å². The van der Waals surface area contributed by atoms with Crippen molar-refractivity contribution >= 4 is 10.0 Å². The molecule has 0 radical (unpaired) electrons. The molecule has 0 atom stereocenters. The van der Waals surface area contributed by atoms with Crippen LogP contribution in [0.1, 0.15) is 6.92 Å². The van der Waals surface area contributed by atoms with Crippen molar-refractivity contribution in [3.8, 4) is 0 Å². The molecule has 18 heavy (non-hydrogen) atoms. The summed E-state index contributed by atoms with van der Waals surface area (Å²) >= 11 is 0. The van der Waals surface area contributed by atoms with Gasteiger partial charge in [-0.15, -0.1) is 0 Å². The fraction of sp³-hybridized carbons (Fsp3) is 0.545. The predicted molar refractivity (Wildman–Crippen MR) is 70.8 cm³/mol. The standard InChI is InChI=1S/C11H20N4O2S/c1-10(2)8-14(4)18(16,17)11-7-13-15(9-11)6-5-12-3/h7,9,12H,1,5-6,8H2,2-4H3. The van der Waals surface area contributed by atoms with E-state index in [-0.39, 0.29) is 4.90 Å². The maximum absolute atomic E-state index is 12.2. The minimum absolute atomic E-state index is 0.211. The number of nitrogens with one attached hydrogen (secondary N) is 1. The lowest BCUT2D eigenvalue weighted by Crippen LogP contribution is -2.28. The van der Waals surface area contributed by atoms with E-state index < -0.39 is 10.0 Å². The van der Waals surface area contributed by atoms with Crippen LogP contribution in [-0.4, -0.2) is 49.7 Å². The van der Waals surface area contributed by atoms with Gasteiger partial charge < -0.3 is 5.32 Å². The fourth-order valence-electron chi connectivity index (χ4n) is 1.47. The summed E-state index contributed by atoms with van der Waals surface area (Å²) < 4.78 is 27.2. The molecule has 0 aliphatic heterocycles. The van der Waals surface area contributed by atoms with Gasteiger partial charge in [0.05, 0.1) is 12.7 Å². The third-order valence-corrected chi connectivity index (χ3v) is 4.16. The van der Waals surface area contributed by atoms with Gasteiger partial charge in [-0.05, 0) is 14.0 Å². The van der Waals surface area contributed by atoms with E-state index >= 15 is 0 Å². The summed E-state index contributed by atoms with van der Waals surface area (Å²) in [6.45, 7) is 7.19. The molecular weight excluding hydrogens is 252 g/mol. The Kier molecular flexibility index (Phi) is 5.06. The Morgan fingerprint density at radius 2 is 2.28 bits per heavy atom. The minimum atomic E-state index is -3.47. The zero-order chi connectivity index (χ0) is 13.8.